The zero-order chi connectivity index (χ0) is 15.5. The van der Waals surface area contributed by atoms with E-state index < -0.39 is 0 Å². The molecule has 0 aliphatic carbocycles. The van der Waals surface area contributed by atoms with Gasteiger partial charge in [0.25, 0.3) is 0 Å². The summed E-state index contributed by atoms with van der Waals surface area (Å²) < 4.78 is 0. The largest absolute Gasteiger partial charge is 0.376 e. The molecule has 1 rings (SSSR count). The Morgan fingerprint density at radius 1 is 0.952 bits per heavy atom. The van der Waals surface area contributed by atoms with Crippen LogP contribution in [0.15, 0.2) is 18.2 Å². The molecule has 0 heterocycles. The van der Waals surface area contributed by atoms with Crippen LogP contribution in [0, 0.1) is 13.8 Å². The Balaban J connectivity index is 2.22. The van der Waals surface area contributed by atoms with Gasteiger partial charge in [0.2, 0.25) is 0 Å². The van der Waals surface area contributed by atoms with Crippen molar-refractivity contribution >= 4 is 17.4 Å². The molecule has 0 fully saturated rings. The van der Waals surface area contributed by atoms with Gasteiger partial charge >= 0.3 is 0 Å². The molecule has 2 heteroatoms. The van der Waals surface area contributed by atoms with Crippen LogP contribution in [0.3, 0.4) is 0 Å². The summed E-state index contributed by atoms with van der Waals surface area (Å²) in [6.07, 6.45) is 9.62. The van der Waals surface area contributed by atoms with E-state index in [0.717, 1.165) is 11.1 Å². The second kappa shape index (κ2) is 11.0. The smallest absolute Gasteiger partial charge is 0.0613 e. The van der Waals surface area contributed by atoms with Gasteiger partial charge in [0, 0.05) is 10.9 Å². The average Bonchev–Trinajstić information content (AvgIpc) is 2.44. The number of aryl methyl sites for hydroxylation is 2. The van der Waals surface area contributed by atoms with E-state index in [2.05, 4.69) is 63.0 Å². The third-order valence-electron chi connectivity index (χ3n) is 3.90. The molecule has 0 unspecified atom stereocenters. The van der Waals surface area contributed by atoms with Gasteiger partial charge in [-0.05, 0) is 49.9 Å². The van der Waals surface area contributed by atoms with E-state index in [0.29, 0.717) is 0 Å². The van der Waals surface area contributed by atoms with E-state index >= 15 is 0 Å². The third kappa shape index (κ3) is 8.40. The molecule has 1 N–H and O–H groups in total. The van der Waals surface area contributed by atoms with Crippen molar-refractivity contribution in [2.75, 3.05) is 11.2 Å². The molecule has 1 nitrogen and oxygen atoms in total. The number of benzene rings is 1. The Kier molecular flexibility index (Phi) is 9.65. The molecule has 1 atom stereocenters. The van der Waals surface area contributed by atoms with Crippen LogP contribution < -0.4 is 5.32 Å². The first kappa shape index (κ1) is 18.4. The summed E-state index contributed by atoms with van der Waals surface area (Å²) in [4.78, 5) is 0. The highest BCUT2D eigenvalue weighted by Gasteiger charge is 2.06. The lowest BCUT2D eigenvalue weighted by atomic mass is 10.1. The molecule has 120 valence electrons. The van der Waals surface area contributed by atoms with Crippen molar-refractivity contribution in [1.82, 2.24) is 0 Å². The number of hydrogen-bond donors (Lipinski definition) is 1. The molecule has 0 amide bonds. The number of anilines is 1. The highest BCUT2D eigenvalue weighted by Crippen LogP contribution is 2.22. The average molecular weight is 308 g/mol. The second-order valence-electron chi connectivity index (χ2n) is 6.10. The third-order valence-corrected chi connectivity index (χ3v) is 5.25. The van der Waals surface area contributed by atoms with Crippen LogP contribution in [0.4, 0.5) is 5.69 Å². The van der Waals surface area contributed by atoms with E-state index in [1.54, 1.807) is 0 Å². The number of rotatable bonds is 11. The molecule has 0 radical (unpaired) electrons. The van der Waals surface area contributed by atoms with Crippen LogP contribution in [-0.4, -0.2) is 11.1 Å². The van der Waals surface area contributed by atoms with Gasteiger partial charge in [-0.3, -0.25) is 0 Å². The normalized spacial score (nSPS) is 12.4. The summed E-state index contributed by atoms with van der Waals surface area (Å²) in [7, 11) is 0. The summed E-state index contributed by atoms with van der Waals surface area (Å²) in [6, 6.07) is 6.70. The Morgan fingerprint density at radius 2 is 1.62 bits per heavy atom. The lowest BCUT2D eigenvalue weighted by Gasteiger charge is -2.16. The fraction of sp³-hybridized carbons (Fsp3) is 0.684. The summed E-state index contributed by atoms with van der Waals surface area (Å²) in [5.74, 6) is 1.02. The Hall–Kier alpha value is -0.630. The molecule has 0 saturated carbocycles. The van der Waals surface area contributed by atoms with Crippen molar-refractivity contribution in [3.63, 3.8) is 0 Å². The number of nitrogens with one attached hydrogen (secondary N) is 1. The zero-order valence-electron chi connectivity index (χ0n) is 14.4. The Labute approximate surface area is 136 Å². The van der Waals surface area contributed by atoms with E-state index in [9.17, 15) is 0 Å². The highest BCUT2D eigenvalue weighted by atomic mass is 32.2. The van der Waals surface area contributed by atoms with Crippen molar-refractivity contribution in [3.05, 3.63) is 29.3 Å². The van der Waals surface area contributed by atoms with Crippen LogP contribution in [0.2, 0.25) is 0 Å². The summed E-state index contributed by atoms with van der Waals surface area (Å²) in [6.45, 7) is 8.93. The monoisotopic (exact) mass is 307 g/mol. The zero-order valence-corrected chi connectivity index (χ0v) is 15.2. The maximum Gasteiger partial charge on any atom is 0.0613 e. The number of thioether (sulfide) groups is 1. The van der Waals surface area contributed by atoms with E-state index in [1.807, 2.05) is 0 Å². The van der Waals surface area contributed by atoms with Crippen molar-refractivity contribution in [2.45, 2.75) is 77.9 Å². The number of hydrogen-bond acceptors (Lipinski definition) is 2. The number of unbranched alkanes of at least 4 members (excludes halogenated alkanes) is 4. The second-order valence-corrected chi connectivity index (χ2v) is 7.39. The van der Waals surface area contributed by atoms with Gasteiger partial charge in [-0.2, -0.15) is 0 Å². The van der Waals surface area contributed by atoms with E-state index in [1.165, 1.54) is 61.8 Å². The molecule has 0 aliphatic heterocycles. The van der Waals surface area contributed by atoms with Crippen molar-refractivity contribution in [2.24, 2.45) is 0 Å². The van der Waals surface area contributed by atoms with Crippen LogP contribution in [0.1, 0.15) is 69.9 Å². The first-order chi connectivity index (χ1) is 10.2. The Bertz CT molecular complexity index is 369. The van der Waals surface area contributed by atoms with E-state index in [-0.39, 0.29) is 0 Å². The van der Waals surface area contributed by atoms with Crippen molar-refractivity contribution in [1.29, 1.82) is 0 Å². The predicted octanol–water partition coefficient (Wildman–Crippen LogP) is 6.55. The lowest BCUT2D eigenvalue weighted by molar-refractivity contribution is 0.592. The molecular weight excluding hydrogens is 274 g/mol. The molecule has 0 aliphatic rings. The molecule has 1 aromatic rings. The summed E-state index contributed by atoms with van der Waals surface area (Å²) >= 11 is 2.08. The minimum absolute atomic E-state index is 0.810. The lowest BCUT2D eigenvalue weighted by Crippen LogP contribution is -2.07. The molecular formula is C19H33NS. The standard InChI is InChI=1S/C19H33NS/c1-5-7-8-9-10-11-19(6-2)21-15-20-18-13-16(3)12-17(4)14-18/h12-14,19-20H,5-11,15H2,1-4H3/t19-/m0/s1. The van der Waals surface area contributed by atoms with Gasteiger partial charge in [0.05, 0.1) is 5.88 Å². The Morgan fingerprint density at radius 3 is 2.24 bits per heavy atom. The minimum atomic E-state index is 0.810. The summed E-state index contributed by atoms with van der Waals surface area (Å²) in [5, 5.41) is 4.37. The fourth-order valence-electron chi connectivity index (χ4n) is 2.70. The van der Waals surface area contributed by atoms with Gasteiger partial charge in [-0.15, -0.1) is 11.8 Å². The summed E-state index contributed by atoms with van der Waals surface area (Å²) in [5.41, 5.74) is 3.94. The van der Waals surface area contributed by atoms with Crippen LogP contribution in [0.5, 0.6) is 0 Å². The molecule has 21 heavy (non-hydrogen) atoms. The van der Waals surface area contributed by atoms with Gasteiger partial charge in [-0.25, -0.2) is 0 Å². The van der Waals surface area contributed by atoms with Gasteiger partial charge in [-0.1, -0.05) is 52.0 Å². The van der Waals surface area contributed by atoms with Gasteiger partial charge < -0.3 is 5.32 Å². The van der Waals surface area contributed by atoms with Gasteiger partial charge in [0.15, 0.2) is 0 Å². The first-order valence-electron chi connectivity index (χ1n) is 8.59. The highest BCUT2D eigenvalue weighted by molar-refractivity contribution is 7.99. The first-order valence-corrected chi connectivity index (χ1v) is 9.64. The molecule has 0 saturated heterocycles. The maximum atomic E-state index is 3.56. The topological polar surface area (TPSA) is 12.0 Å². The minimum Gasteiger partial charge on any atom is -0.376 e. The quantitative estimate of drug-likeness (QED) is 0.368. The maximum absolute atomic E-state index is 3.56. The SMILES string of the molecule is CCCCCCC[C@H](CC)SCNc1cc(C)cc(C)c1. The van der Waals surface area contributed by atoms with Crippen molar-refractivity contribution in [3.8, 4) is 0 Å². The molecule has 0 spiro atoms. The molecule has 0 bridgehead atoms. The van der Waals surface area contributed by atoms with Crippen molar-refractivity contribution < 1.29 is 0 Å². The van der Waals surface area contributed by atoms with E-state index in [4.69, 9.17) is 0 Å². The molecule has 0 aromatic heterocycles. The fourth-order valence-corrected chi connectivity index (χ4v) is 3.76. The molecule has 1 aromatic carbocycles. The van der Waals surface area contributed by atoms with Crippen LogP contribution in [0.25, 0.3) is 0 Å². The van der Waals surface area contributed by atoms with Crippen LogP contribution >= 0.6 is 11.8 Å². The van der Waals surface area contributed by atoms with Crippen LogP contribution in [-0.2, 0) is 0 Å². The van der Waals surface area contributed by atoms with Gasteiger partial charge in [0.1, 0.15) is 0 Å². The predicted molar refractivity (Wildman–Crippen MR) is 99.5 cm³/mol.